The van der Waals surface area contributed by atoms with Crippen molar-refractivity contribution in [1.82, 2.24) is 14.7 Å². The first-order chi connectivity index (χ1) is 10.2. The normalized spacial score (nSPS) is 26.0. The predicted octanol–water partition coefficient (Wildman–Crippen LogP) is 0.572. The minimum absolute atomic E-state index is 0.0135. The van der Waals surface area contributed by atoms with Gasteiger partial charge in [0.05, 0.1) is 0 Å². The number of hydrogen-bond donors (Lipinski definition) is 0. The third kappa shape index (κ3) is 3.59. The van der Waals surface area contributed by atoms with Crippen LogP contribution in [0.3, 0.4) is 0 Å². The molecule has 0 aromatic rings. The summed E-state index contributed by atoms with van der Waals surface area (Å²) in [6, 6.07) is 0. The molecule has 0 aromatic heterocycles. The van der Waals surface area contributed by atoms with Gasteiger partial charge in [0.1, 0.15) is 0 Å². The van der Waals surface area contributed by atoms with Crippen LogP contribution in [-0.4, -0.2) is 72.2 Å². The SMILES string of the molecule is CC(=O)N1CCN(C(=O)CC(C)C)C[C@]2(CC(=O)N(C)C2)C1. The second-order valence-electron chi connectivity index (χ2n) is 7.28. The zero-order valence-electron chi connectivity index (χ0n) is 14.1. The highest BCUT2D eigenvalue weighted by atomic mass is 16.2. The summed E-state index contributed by atoms with van der Waals surface area (Å²) in [7, 11) is 1.79. The maximum absolute atomic E-state index is 12.5. The van der Waals surface area contributed by atoms with Crippen LogP contribution in [0.1, 0.15) is 33.6 Å². The molecule has 2 fully saturated rings. The lowest BCUT2D eigenvalue weighted by molar-refractivity contribution is -0.133. The molecular weight excluding hydrogens is 282 g/mol. The fraction of sp³-hybridized carbons (Fsp3) is 0.812. The second-order valence-corrected chi connectivity index (χ2v) is 7.28. The highest BCUT2D eigenvalue weighted by Crippen LogP contribution is 2.34. The molecule has 22 heavy (non-hydrogen) atoms. The lowest BCUT2D eigenvalue weighted by Crippen LogP contribution is -2.45. The number of amides is 3. The molecule has 1 atom stereocenters. The van der Waals surface area contributed by atoms with E-state index in [1.807, 2.05) is 18.7 Å². The molecule has 6 heteroatoms. The molecular formula is C16H27N3O3. The van der Waals surface area contributed by atoms with Crippen LogP contribution >= 0.6 is 0 Å². The van der Waals surface area contributed by atoms with Crippen molar-refractivity contribution in [3.63, 3.8) is 0 Å². The molecule has 3 amide bonds. The summed E-state index contributed by atoms with van der Waals surface area (Å²) in [5.74, 6) is 0.548. The number of likely N-dealkylation sites (tertiary alicyclic amines) is 1. The van der Waals surface area contributed by atoms with Crippen LogP contribution in [0.2, 0.25) is 0 Å². The maximum atomic E-state index is 12.5. The third-order valence-corrected chi connectivity index (χ3v) is 4.60. The predicted molar refractivity (Wildman–Crippen MR) is 83.0 cm³/mol. The van der Waals surface area contributed by atoms with E-state index in [9.17, 15) is 14.4 Å². The monoisotopic (exact) mass is 309 g/mol. The fourth-order valence-electron chi connectivity index (χ4n) is 3.53. The first-order valence-electron chi connectivity index (χ1n) is 8.00. The molecule has 2 saturated heterocycles. The van der Waals surface area contributed by atoms with Gasteiger partial charge in [0.25, 0.3) is 0 Å². The van der Waals surface area contributed by atoms with Gasteiger partial charge in [-0.2, -0.15) is 0 Å². The first kappa shape index (κ1) is 16.8. The van der Waals surface area contributed by atoms with Crippen LogP contribution in [0, 0.1) is 11.3 Å². The van der Waals surface area contributed by atoms with E-state index in [1.54, 1.807) is 23.8 Å². The molecule has 0 aromatic carbocycles. The van der Waals surface area contributed by atoms with Crippen LogP contribution in [-0.2, 0) is 14.4 Å². The van der Waals surface area contributed by atoms with E-state index in [0.717, 1.165) is 0 Å². The largest absolute Gasteiger partial charge is 0.345 e. The van der Waals surface area contributed by atoms with E-state index in [4.69, 9.17) is 0 Å². The van der Waals surface area contributed by atoms with Crippen LogP contribution in [0.15, 0.2) is 0 Å². The maximum Gasteiger partial charge on any atom is 0.223 e. The molecule has 124 valence electrons. The van der Waals surface area contributed by atoms with Crippen molar-refractivity contribution in [2.75, 3.05) is 39.8 Å². The number of rotatable bonds is 2. The average molecular weight is 309 g/mol. The van der Waals surface area contributed by atoms with Crippen LogP contribution < -0.4 is 0 Å². The van der Waals surface area contributed by atoms with Gasteiger partial charge in [-0.25, -0.2) is 0 Å². The molecule has 0 aliphatic carbocycles. The number of carbonyl (C=O) groups is 3. The molecule has 0 radical (unpaired) electrons. The summed E-state index contributed by atoms with van der Waals surface area (Å²) in [4.78, 5) is 41.7. The van der Waals surface area contributed by atoms with Gasteiger partial charge < -0.3 is 14.7 Å². The molecule has 2 aliphatic heterocycles. The molecule has 2 rings (SSSR count). The summed E-state index contributed by atoms with van der Waals surface area (Å²) in [6.45, 7) is 8.47. The van der Waals surface area contributed by atoms with E-state index in [-0.39, 0.29) is 23.1 Å². The molecule has 2 heterocycles. The summed E-state index contributed by atoms with van der Waals surface area (Å²) in [5, 5.41) is 0. The summed E-state index contributed by atoms with van der Waals surface area (Å²) < 4.78 is 0. The highest BCUT2D eigenvalue weighted by Gasteiger charge is 2.46. The van der Waals surface area contributed by atoms with Crippen molar-refractivity contribution >= 4 is 17.7 Å². The van der Waals surface area contributed by atoms with E-state index < -0.39 is 0 Å². The van der Waals surface area contributed by atoms with Gasteiger partial charge in [0, 0.05) is 65.0 Å². The fourth-order valence-corrected chi connectivity index (χ4v) is 3.53. The Hall–Kier alpha value is -1.59. The van der Waals surface area contributed by atoms with Crippen molar-refractivity contribution in [3.05, 3.63) is 0 Å². The number of hydrogen-bond acceptors (Lipinski definition) is 3. The Kier molecular flexibility index (Phi) is 4.78. The van der Waals surface area contributed by atoms with Crippen molar-refractivity contribution in [2.24, 2.45) is 11.3 Å². The minimum atomic E-state index is -0.319. The zero-order valence-corrected chi connectivity index (χ0v) is 14.1. The first-order valence-corrected chi connectivity index (χ1v) is 8.00. The van der Waals surface area contributed by atoms with E-state index in [2.05, 4.69) is 0 Å². The summed E-state index contributed by atoms with van der Waals surface area (Å²) in [5.41, 5.74) is -0.319. The lowest BCUT2D eigenvalue weighted by atomic mass is 9.85. The zero-order chi connectivity index (χ0) is 16.5. The Morgan fingerprint density at radius 3 is 2.23 bits per heavy atom. The Balaban J connectivity index is 2.21. The van der Waals surface area contributed by atoms with Gasteiger partial charge >= 0.3 is 0 Å². The number of carbonyl (C=O) groups excluding carboxylic acids is 3. The van der Waals surface area contributed by atoms with Gasteiger partial charge in [-0.05, 0) is 5.92 Å². The van der Waals surface area contributed by atoms with E-state index in [1.165, 1.54) is 0 Å². The topological polar surface area (TPSA) is 60.9 Å². The lowest BCUT2D eigenvalue weighted by Gasteiger charge is -2.33. The molecule has 6 nitrogen and oxygen atoms in total. The van der Waals surface area contributed by atoms with E-state index >= 15 is 0 Å². The van der Waals surface area contributed by atoms with Crippen molar-refractivity contribution < 1.29 is 14.4 Å². The van der Waals surface area contributed by atoms with Gasteiger partial charge in [-0.1, -0.05) is 13.8 Å². The molecule has 0 N–H and O–H groups in total. The van der Waals surface area contributed by atoms with Gasteiger partial charge in [0.15, 0.2) is 0 Å². The van der Waals surface area contributed by atoms with Crippen molar-refractivity contribution in [1.29, 1.82) is 0 Å². The van der Waals surface area contributed by atoms with Crippen molar-refractivity contribution in [2.45, 2.75) is 33.6 Å². The van der Waals surface area contributed by atoms with Crippen LogP contribution in [0.25, 0.3) is 0 Å². The van der Waals surface area contributed by atoms with Gasteiger partial charge in [-0.3, -0.25) is 14.4 Å². The van der Waals surface area contributed by atoms with Crippen LogP contribution in [0.4, 0.5) is 0 Å². The second kappa shape index (κ2) is 6.26. The minimum Gasteiger partial charge on any atom is -0.345 e. The van der Waals surface area contributed by atoms with Crippen molar-refractivity contribution in [3.8, 4) is 0 Å². The molecule has 0 saturated carbocycles. The average Bonchev–Trinajstić information content (AvgIpc) is 2.58. The molecule has 0 unspecified atom stereocenters. The summed E-state index contributed by atoms with van der Waals surface area (Å²) >= 11 is 0. The van der Waals surface area contributed by atoms with Crippen LogP contribution in [0.5, 0.6) is 0 Å². The Labute approximate surface area is 132 Å². The molecule has 0 bridgehead atoms. The summed E-state index contributed by atoms with van der Waals surface area (Å²) in [6.07, 6.45) is 0.929. The third-order valence-electron chi connectivity index (χ3n) is 4.60. The molecule has 1 spiro atoms. The quantitative estimate of drug-likeness (QED) is 0.749. The highest BCUT2D eigenvalue weighted by molar-refractivity contribution is 5.81. The van der Waals surface area contributed by atoms with E-state index in [0.29, 0.717) is 51.5 Å². The Morgan fingerprint density at radius 2 is 1.73 bits per heavy atom. The number of nitrogens with zero attached hydrogens (tertiary/aromatic N) is 3. The van der Waals surface area contributed by atoms with Gasteiger partial charge in [0.2, 0.25) is 17.7 Å². The Bertz CT molecular complexity index is 477. The molecule has 2 aliphatic rings. The smallest absolute Gasteiger partial charge is 0.223 e. The standard InChI is InChI=1S/C16H27N3O3/c1-12(2)7-14(21)19-6-5-18(13(3)20)10-16(11-19)8-15(22)17(4)9-16/h12H,5-11H2,1-4H3/t16-/m0/s1. The van der Waals surface area contributed by atoms with Gasteiger partial charge in [-0.15, -0.1) is 0 Å². The Morgan fingerprint density at radius 1 is 1.14 bits per heavy atom.